The van der Waals surface area contributed by atoms with Gasteiger partial charge in [0.1, 0.15) is 12.1 Å². The molecule has 0 aliphatic rings. The van der Waals surface area contributed by atoms with Crippen molar-refractivity contribution in [1.29, 1.82) is 0 Å². The number of carbonyl (C=O) groups is 6. The van der Waals surface area contributed by atoms with E-state index in [0.29, 0.717) is 17.7 Å². The first-order valence-electron chi connectivity index (χ1n) is 20.5. The molecule has 4 N–H and O–H groups in total. The average molecular weight is 790 g/mol. The van der Waals surface area contributed by atoms with Crippen LogP contribution in [0.5, 0.6) is 11.5 Å². The van der Waals surface area contributed by atoms with Crippen molar-refractivity contribution in [2.75, 3.05) is 33.5 Å². The van der Waals surface area contributed by atoms with Crippen LogP contribution in [-0.2, 0) is 38.2 Å². The van der Waals surface area contributed by atoms with Crippen molar-refractivity contribution < 1.29 is 52.8 Å². The molecule has 0 aliphatic heterocycles. The molecule has 14 heteroatoms. The highest BCUT2D eigenvalue weighted by Crippen LogP contribution is 2.29. The van der Waals surface area contributed by atoms with Gasteiger partial charge in [-0.05, 0) is 50.5 Å². The van der Waals surface area contributed by atoms with E-state index in [4.69, 9.17) is 18.9 Å². The first-order chi connectivity index (χ1) is 27.1. The number of nitrogens with one attached hydrogen (secondary N) is 3. The second-order valence-electron chi connectivity index (χ2n) is 13.6. The largest absolute Gasteiger partial charge is 0.493 e. The quantitative estimate of drug-likeness (QED) is 0.0296. The Kier molecular flexibility index (Phi) is 28.1. The zero-order chi connectivity index (χ0) is 41.4. The van der Waals surface area contributed by atoms with Gasteiger partial charge in [0.2, 0.25) is 17.7 Å². The first kappa shape index (κ1) is 49.6. The predicted octanol–water partition coefficient (Wildman–Crippen LogP) is 5.86. The molecule has 0 unspecified atom stereocenters. The van der Waals surface area contributed by atoms with Gasteiger partial charge < -0.3 is 40.0 Å². The van der Waals surface area contributed by atoms with Gasteiger partial charge in [-0.3, -0.25) is 24.0 Å². The molecule has 0 heterocycles. The number of aliphatic hydroxyl groups excluding tert-OH is 1. The Hall–Kier alpha value is -4.46. The fourth-order valence-electron chi connectivity index (χ4n) is 5.78. The number of unbranched alkanes of at least 4 members (excludes halogenated alkanes) is 14. The molecule has 1 rings (SSSR count). The van der Waals surface area contributed by atoms with Crippen molar-refractivity contribution in [3.05, 3.63) is 29.8 Å². The van der Waals surface area contributed by atoms with Crippen molar-refractivity contribution >= 4 is 41.7 Å². The van der Waals surface area contributed by atoms with Crippen molar-refractivity contribution in [3.8, 4) is 11.5 Å². The standard InChI is InChI=1S/C42H67N3O11/c1-5-8-9-10-11-12-13-14-15-16-17-18-19-20-21-22-40(50)56-35-26-23-32(29-36(35)53-4)24-27-37(47)43-30-38(48)44-34(31-46)41(51)45-33(42(52)55-7-3)25-28-39(49)54-6-2/h23-24,26-27,29,33-34,46H,5-22,25,28,30-31H2,1-4H3,(H,43,47)(H,44,48)(H,45,51)/b27-24+/t33-,34+/m1/s1. The Bertz CT molecular complexity index is 1350. The maximum Gasteiger partial charge on any atom is 0.328 e. The lowest BCUT2D eigenvalue weighted by molar-refractivity contribution is -0.149. The minimum absolute atomic E-state index is 0.0346. The van der Waals surface area contributed by atoms with Gasteiger partial charge in [-0.2, -0.15) is 0 Å². The Labute approximate surface area is 333 Å². The molecule has 14 nitrogen and oxygen atoms in total. The molecule has 0 saturated heterocycles. The summed E-state index contributed by atoms with van der Waals surface area (Å²) in [6.07, 6.45) is 21.4. The first-order valence-corrected chi connectivity index (χ1v) is 20.5. The second kappa shape index (κ2) is 31.7. The number of methoxy groups -OCH3 is 1. The van der Waals surface area contributed by atoms with Crippen LogP contribution in [0.2, 0.25) is 0 Å². The summed E-state index contributed by atoms with van der Waals surface area (Å²) in [4.78, 5) is 74.2. The number of hydrogen-bond acceptors (Lipinski definition) is 11. The monoisotopic (exact) mass is 789 g/mol. The zero-order valence-corrected chi connectivity index (χ0v) is 34.1. The molecule has 0 bridgehead atoms. The lowest BCUT2D eigenvalue weighted by Gasteiger charge is -2.21. The van der Waals surface area contributed by atoms with Crippen LogP contribution in [0, 0.1) is 0 Å². The van der Waals surface area contributed by atoms with Gasteiger partial charge in [0, 0.05) is 18.9 Å². The zero-order valence-electron chi connectivity index (χ0n) is 34.1. The molecule has 2 atom stereocenters. The summed E-state index contributed by atoms with van der Waals surface area (Å²) < 4.78 is 20.7. The van der Waals surface area contributed by atoms with Crippen LogP contribution in [-0.4, -0.2) is 86.3 Å². The smallest absolute Gasteiger partial charge is 0.328 e. The number of aliphatic hydroxyl groups is 1. The minimum atomic E-state index is -1.45. The normalized spacial score (nSPS) is 12.0. The summed E-state index contributed by atoms with van der Waals surface area (Å²) in [5, 5.41) is 16.8. The molecule has 1 aromatic carbocycles. The molecule has 0 saturated carbocycles. The van der Waals surface area contributed by atoms with Gasteiger partial charge in [-0.1, -0.05) is 103 Å². The number of amides is 3. The van der Waals surface area contributed by atoms with E-state index in [9.17, 15) is 33.9 Å². The maximum atomic E-state index is 12.7. The third-order valence-electron chi connectivity index (χ3n) is 8.91. The Morgan fingerprint density at radius 1 is 0.696 bits per heavy atom. The molecular weight excluding hydrogens is 722 g/mol. The van der Waals surface area contributed by atoms with Crippen molar-refractivity contribution in [2.24, 2.45) is 0 Å². The number of hydrogen-bond donors (Lipinski definition) is 4. The third-order valence-corrected chi connectivity index (χ3v) is 8.91. The number of esters is 3. The Morgan fingerprint density at radius 2 is 1.29 bits per heavy atom. The predicted molar refractivity (Wildman–Crippen MR) is 214 cm³/mol. The highest BCUT2D eigenvalue weighted by atomic mass is 16.6. The van der Waals surface area contributed by atoms with Crippen LogP contribution in [0.25, 0.3) is 6.08 Å². The molecule has 1 aromatic rings. The van der Waals surface area contributed by atoms with Gasteiger partial charge in [-0.25, -0.2) is 4.79 Å². The van der Waals surface area contributed by atoms with E-state index >= 15 is 0 Å². The number of ether oxygens (including phenoxy) is 4. The molecule has 316 valence electrons. The minimum Gasteiger partial charge on any atom is -0.493 e. The van der Waals surface area contributed by atoms with E-state index in [1.165, 1.54) is 96.3 Å². The van der Waals surface area contributed by atoms with Crippen LogP contribution in [0.3, 0.4) is 0 Å². The van der Waals surface area contributed by atoms with E-state index in [1.807, 2.05) is 0 Å². The van der Waals surface area contributed by atoms with Gasteiger partial charge in [0.25, 0.3) is 0 Å². The summed E-state index contributed by atoms with van der Waals surface area (Å²) in [6, 6.07) is 2.17. The Morgan fingerprint density at radius 3 is 1.84 bits per heavy atom. The number of carbonyl (C=O) groups excluding carboxylic acids is 6. The molecule has 0 aliphatic carbocycles. The van der Waals surface area contributed by atoms with Crippen LogP contribution in [0.15, 0.2) is 24.3 Å². The molecule has 3 amide bonds. The summed E-state index contributed by atoms with van der Waals surface area (Å²) in [5.74, 6) is -3.39. The lowest BCUT2D eigenvalue weighted by Crippen LogP contribution is -2.54. The highest BCUT2D eigenvalue weighted by molar-refractivity contribution is 5.96. The van der Waals surface area contributed by atoms with Crippen LogP contribution in [0.4, 0.5) is 0 Å². The van der Waals surface area contributed by atoms with Crippen molar-refractivity contribution in [1.82, 2.24) is 16.0 Å². The van der Waals surface area contributed by atoms with E-state index in [2.05, 4.69) is 22.9 Å². The van der Waals surface area contributed by atoms with Gasteiger partial charge >= 0.3 is 17.9 Å². The van der Waals surface area contributed by atoms with Crippen molar-refractivity contribution in [3.63, 3.8) is 0 Å². The topological polar surface area (TPSA) is 196 Å². The molecule has 0 aromatic heterocycles. The van der Waals surface area contributed by atoms with Gasteiger partial charge in [0.05, 0.1) is 33.5 Å². The summed E-state index contributed by atoms with van der Waals surface area (Å²) in [6.45, 7) is 4.33. The van der Waals surface area contributed by atoms with Gasteiger partial charge in [-0.15, -0.1) is 0 Å². The third kappa shape index (κ3) is 23.5. The Balaban J connectivity index is 2.43. The van der Waals surface area contributed by atoms with E-state index in [0.717, 1.165) is 19.3 Å². The highest BCUT2D eigenvalue weighted by Gasteiger charge is 2.28. The second-order valence-corrected chi connectivity index (χ2v) is 13.6. The maximum absolute atomic E-state index is 12.7. The van der Waals surface area contributed by atoms with E-state index in [1.54, 1.807) is 32.0 Å². The number of benzene rings is 1. The molecule has 0 fully saturated rings. The van der Waals surface area contributed by atoms with Crippen molar-refractivity contribution in [2.45, 2.75) is 148 Å². The summed E-state index contributed by atoms with van der Waals surface area (Å²) in [7, 11) is 1.44. The van der Waals surface area contributed by atoms with Crippen LogP contribution >= 0.6 is 0 Å². The molecular formula is C42H67N3O11. The fourth-order valence-corrected chi connectivity index (χ4v) is 5.78. The van der Waals surface area contributed by atoms with Crippen LogP contribution < -0.4 is 25.4 Å². The van der Waals surface area contributed by atoms with E-state index in [-0.39, 0.29) is 37.8 Å². The average Bonchev–Trinajstić information content (AvgIpc) is 3.18. The van der Waals surface area contributed by atoms with Crippen LogP contribution in [0.1, 0.15) is 142 Å². The molecule has 0 radical (unpaired) electrons. The summed E-state index contributed by atoms with van der Waals surface area (Å²) in [5.41, 5.74) is 0.569. The lowest BCUT2D eigenvalue weighted by atomic mass is 10.0. The number of rotatable bonds is 32. The molecule has 56 heavy (non-hydrogen) atoms. The van der Waals surface area contributed by atoms with Gasteiger partial charge in [0.15, 0.2) is 11.5 Å². The summed E-state index contributed by atoms with van der Waals surface area (Å²) >= 11 is 0. The fraction of sp³-hybridized carbons (Fsp3) is 0.667. The van der Waals surface area contributed by atoms with E-state index < -0.39 is 54.9 Å². The SMILES string of the molecule is CCCCCCCCCCCCCCCCCC(=O)Oc1ccc(/C=C/C(=O)NCC(=O)N[C@@H](CO)C(=O)N[C@H](CCC(=O)OCC)C(=O)OCC)cc1OC. The molecule has 0 spiro atoms.